The molecule has 0 fully saturated rings. The Hall–Kier alpha value is -2.33. The highest BCUT2D eigenvalue weighted by molar-refractivity contribution is 6.30. The first-order valence-corrected chi connectivity index (χ1v) is 7.96. The molecular weight excluding hydrogens is 308 g/mol. The van der Waals surface area contributed by atoms with Crippen molar-refractivity contribution in [2.45, 2.75) is 13.3 Å². The first kappa shape index (κ1) is 15.6. The fourth-order valence-electron chi connectivity index (χ4n) is 2.77. The van der Waals surface area contributed by atoms with Gasteiger partial charge < -0.3 is 9.88 Å². The van der Waals surface area contributed by atoms with Crippen LogP contribution >= 0.6 is 11.6 Å². The van der Waals surface area contributed by atoms with E-state index < -0.39 is 0 Å². The minimum Gasteiger partial charge on any atom is -0.373 e. The van der Waals surface area contributed by atoms with E-state index in [-0.39, 0.29) is 0 Å². The van der Waals surface area contributed by atoms with Crippen molar-refractivity contribution in [3.63, 3.8) is 0 Å². The lowest BCUT2D eigenvalue weighted by molar-refractivity contribution is 0.933. The van der Waals surface area contributed by atoms with Gasteiger partial charge in [0, 0.05) is 36.4 Å². The number of nitrogens with one attached hydrogen (secondary N) is 1. The predicted molar refractivity (Wildman–Crippen MR) is 95.8 cm³/mol. The van der Waals surface area contributed by atoms with Crippen molar-refractivity contribution in [2.75, 3.05) is 12.4 Å². The highest BCUT2D eigenvalue weighted by Gasteiger charge is 2.13. The van der Waals surface area contributed by atoms with Gasteiger partial charge in [0.2, 0.25) is 0 Å². The standard InChI is InChI=1S/C18H19ClN4/c1-4-12-5-6-13(19)9-14(12)16-7-8-17(23(16)3)15-10-18(20-2)22-11-21-15/h5-11H,4H2,1-3H3,(H,20,21,22). The molecule has 5 heteroatoms. The summed E-state index contributed by atoms with van der Waals surface area (Å²) < 4.78 is 2.15. The van der Waals surface area contributed by atoms with E-state index in [9.17, 15) is 0 Å². The van der Waals surface area contributed by atoms with Crippen LogP contribution in [-0.2, 0) is 13.5 Å². The zero-order valence-electron chi connectivity index (χ0n) is 13.5. The summed E-state index contributed by atoms with van der Waals surface area (Å²) in [5, 5.41) is 3.79. The zero-order valence-corrected chi connectivity index (χ0v) is 14.2. The number of hydrogen-bond donors (Lipinski definition) is 1. The van der Waals surface area contributed by atoms with Gasteiger partial charge in [-0.15, -0.1) is 0 Å². The molecule has 1 N–H and O–H groups in total. The second kappa shape index (κ2) is 6.42. The molecule has 0 saturated heterocycles. The molecule has 118 valence electrons. The largest absolute Gasteiger partial charge is 0.373 e. The van der Waals surface area contributed by atoms with Crippen molar-refractivity contribution in [3.05, 3.63) is 53.3 Å². The Kier molecular flexibility index (Phi) is 4.35. The van der Waals surface area contributed by atoms with E-state index in [1.807, 2.05) is 32.3 Å². The van der Waals surface area contributed by atoms with Crippen LogP contribution < -0.4 is 5.32 Å². The lowest BCUT2D eigenvalue weighted by atomic mass is 10.0. The molecule has 0 aliphatic heterocycles. The van der Waals surface area contributed by atoms with Crippen molar-refractivity contribution < 1.29 is 0 Å². The summed E-state index contributed by atoms with van der Waals surface area (Å²) in [6, 6.07) is 12.2. The number of aryl methyl sites for hydroxylation is 1. The van der Waals surface area contributed by atoms with Gasteiger partial charge in [0.15, 0.2) is 0 Å². The Labute approximate surface area is 141 Å². The molecule has 2 heterocycles. The molecule has 0 saturated carbocycles. The van der Waals surface area contributed by atoms with Crippen LogP contribution in [0.3, 0.4) is 0 Å². The molecule has 1 aromatic carbocycles. The monoisotopic (exact) mass is 326 g/mol. The second-order valence-electron chi connectivity index (χ2n) is 5.36. The number of rotatable bonds is 4. The van der Waals surface area contributed by atoms with E-state index in [0.717, 1.165) is 39.9 Å². The van der Waals surface area contributed by atoms with Gasteiger partial charge in [0.05, 0.1) is 11.4 Å². The summed E-state index contributed by atoms with van der Waals surface area (Å²) in [5.74, 6) is 0.801. The van der Waals surface area contributed by atoms with Crippen LogP contribution in [0.25, 0.3) is 22.6 Å². The first-order chi connectivity index (χ1) is 11.1. The third-order valence-electron chi connectivity index (χ3n) is 4.04. The quantitative estimate of drug-likeness (QED) is 0.772. The maximum absolute atomic E-state index is 6.20. The zero-order chi connectivity index (χ0) is 16.4. The van der Waals surface area contributed by atoms with E-state index in [2.05, 4.69) is 45.0 Å². The Balaban J connectivity index is 2.11. The minimum absolute atomic E-state index is 0.749. The molecular formula is C18H19ClN4. The van der Waals surface area contributed by atoms with Crippen LogP contribution in [-0.4, -0.2) is 21.6 Å². The van der Waals surface area contributed by atoms with E-state index in [0.29, 0.717) is 0 Å². The number of anilines is 1. The fraction of sp³-hybridized carbons (Fsp3) is 0.222. The van der Waals surface area contributed by atoms with Crippen molar-refractivity contribution in [2.24, 2.45) is 7.05 Å². The number of nitrogens with zero attached hydrogens (tertiary/aromatic N) is 3. The molecule has 23 heavy (non-hydrogen) atoms. The van der Waals surface area contributed by atoms with E-state index in [1.165, 1.54) is 5.56 Å². The second-order valence-corrected chi connectivity index (χ2v) is 5.79. The van der Waals surface area contributed by atoms with Gasteiger partial charge in [0.25, 0.3) is 0 Å². The van der Waals surface area contributed by atoms with Gasteiger partial charge in [-0.1, -0.05) is 24.6 Å². The first-order valence-electron chi connectivity index (χ1n) is 7.58. The van der Waals surface area contributed by atoms with E-state index in [4.69, 9.17) is 11.6 Å². The summed E-state index contributed by atoms with van der Waals surface area (Å²) in [5.41, 5.74) is 5.50. The third-order valence-corrected chi connectivity index (χ3v) is 4.27. The maximum atomic E-state index is 6.20. The Bertz CT molecular complexity index is 839. The molecule has 3 aromatic rings. The number of hydrogen-bond acceptors (Lipinski definition) is 3. The van der Waals surface area contributed by atoms with Crippen LogP contribution in [0.1, 0.15) is 12.5 Å². The third kappa shape index (κ3) is 2.94. The van der Waals surface area contributed by atoms with Crippen LogP contribution in [0.5, 0.6) is 0 Å². The van der Waals surface area contributed by atoms with Crippen LogP contribution in [0.15, 0.2) is 42.7 Å². The van der Waals surface area contributed by atoms with Crippen molar-refractivity contribution in [1.29, 1.82) is 0 Å². The van der Waals surface area contributed by atoms with Gasteiger partial charge in [-0.3, -0.25) is 0 Å². The molecule has 4 nitrogen and oxygen atoms in total. The molecule has 0 radical (unpaired) electrons. The molecule has 3 rings (SSSR count). The lowest BCUT2D eigenvalue weighted by Crippen LogP contribution is -2.00. The molecule has 0 aliphatic carbocycles. The summed E-state index contributed by atoms with van der Waals surface area (Å²) >= 11 is 6.20. The van der Waals surface area contributed by atoms with Gasteiger partial charge in [0.1, 0.15) is 12.1 Å². The molecule has 0 bridgehead atoms. The SMILES string of the molecule is CCc1ccc(Cl)cc1-c1ccc(-c2cc(NC)ncn2)n1C. The number of halogens is 1. The Morgan fingerprint density at radius 2 is 1.87 bits per heavy atom. The van der Waals surface area contributed by atoms with E-state index in [1.54, 1.807) is 6.33 Å². The molecule has 0 amide bonds. The number of benzene rings is 1. The molecule has 0 aliphatic rings. The lowest BCUT2D eigenvalue weighted by Gasteiger charge is -2.12. The van der Waals surface area contributed by atoms with Crippen molar-refractivity contribution >= 4 is 17.4 Å². The highest BCUT2D eigenvalue weighted by Crippen LogP contribution is 2.31. The summed E-state index contributed by atoms with van der Waals surface area (Å²) in [7, 11) is 3.90. The van der Waals surface area contributed by atoms with Gasteiger partial charge in [-0.2, -0.15) is 0 Å². The Morgan fingerprint density at radius 1 is 1.09 bits per heavy atom. The van der Waals surface area contributed by atoms with Gasteiger partial charge >= 0.3 is 0 Å². The molecule has 0 spiro atoms. The van der Waals surface area contributed by atoms with Crippen LogP contribution in [0, 0.1) is 0 Å². The average molecular weight is 327 g/mol. The van der Waals surface area contributed by atoms with Crippen LogP contribution in [0.4, 0.5) is 5.82 Å². The topological polar surface area (TPSA) is 42.7 Å². The summed E-state index contributed by atoms with van der Waals surface area (Å²) in [6.45, 7) is 2.15. The van der Waals surface area contributed by atoms with Gasteiger partial charge in [-0.25, -0.2) is 9.97 Å². The fourth-order valence-corrected chi connectivity index (χ4v) is 2.94. The van der Waals surface area contributed by atoms with Crippen molar-refractivity contribution in [1.82, 2.24) is 14.5 Å². The summed E-state index contributed by atoms with van der Waals surface area (Å²) in [6.07, 6.45) is 2.54. The van der Waals surface area contributed by atoms with E-state index >= 15 is 0 Å². The molecule has 0 unspecified atom stereocenters. The normalized spacial score (nSPS) is 10.8. The van der Waals surface area contributed by atoms with Crippen LogP contribution in [0.2, 0.25) is 5.02 Å². The smallest absolute Gasteiger partial charge is 0.129 e. The van der Waals surface area contributed by atoms with Gasteiger partial charge in [-0.05, 0) is 36.2 Å². The maximum Gasteiger partial charge on any atom is 0.129 e. The Morgan fingerprint density at radius 3 is 2.61 bits per heavy atom. The molecule has 0 atom stereocenters. The number of aromatic nitrogens is 3. The molecule has 2 aromatic heterocycles. The minimum atomic E-state index is 0.749. The van der Waals surface area contributed by atoms with Crippen molar-refractivity contribution in [3.8, 4) is 22.6 Å². The highest BCUT2D eigenvalue weighted by atomic mass is 35.5. The summed E-state index contributed by atoms with van der Waals surface area (Å²) in [4.78, 5) is 8.56. The average Bonchev–Trinajstić information content (AvgIpc) is 2.96. The predicted octanol–water partition coefficient (Wildman–Crippen LogP) is 4.41.